The maximum Gasteiger partial charge on any atom is 0.0693 e. The van der Waals surface area contributed by atoms with Gasteiger partial charge in [-0.3, -0.25) is 0 Å². The van der Waals surface area contributed by atoms with E-state index in [1.807, 2.05) is 0 Å². The summed E-state index contributed by atoms with van der Waals surface area (Å²) >= 11 is 0. The standard InChI is InChI=1S/C18H32O/c1-8-18(11-9-10-13(2)3)12-16(14(4)5)19-17(18)15(6)7/h8,10,14-17H,1,9,11-12H2,2-7H3. The van der Waals surface area contributed by atoms with Crippen molar-refractivity contribution >= 4 is 0 Å². The van der Waals surface area contributed by atoms with E-state index in [0.717, 1.165) is 19.3 Å². The Balaban J connectivity index is 2.87. The summed E-state index contributed by atoms with van der Waals surface area (Å²) < 4.78 is 6.36. The summed E-state index contributed by atoms with van der Waals surface area (Å²) in [6.45, 7) is 17.5. The first kappa shape index (κ1) is 16.5. The molecule has 19 heavy (non-hydrogen) atoms. The summed E-state index contributed by atoms with van der Waals surface area (Å²) in [7, 11) is 0. The van der Waals surface area contributed by atoms with Crippen LogP contribution in [-0.4, -0.2) is 12.2 Å². The van der Waals surface area contributed by atoms with E-state index in [4.69, 9.17) is 4.74 Å². The topological polar surface area (TPSA) is 9.23 Å². The predicted octanol–water partition coefficient (Wildman–Crippen LogP) is 5.37. The first-order valence-corrected chi connectivity index (χ1v) is 7.75. The highest BCUT2D eigenvalue weighted by molar-refractivity contribution is 5.08. The lowest BCUT2D eigenvalue weighted by Gasteiger charge is -2.33. The average molecular weight is 264 g/mol. The van der Waals surface area contributed by atoms with Gasteiger partial charge < -0.3 is 4.74 Å². The highest BCUT2D eigenvalue weighted by Crippen LogP contribution is 2.48. The van der Waals surface area contributed by atoms with Gasteiger partial charge >= 0.3 is 0 Å². The van der Waals surface area contributed by atoms with Crippen LogP contribution in [0, 0.1) is 17.3 Å². The van der Waals surface area contributed by atoms with Gasteiger partial charge in [-0.05, 0) is 44.9 Å². The third-order valence-electron chi connectivity index (χ3n) is 4.39. The Morgan fingerprint density at radius 3 is 2.32 bits per heavy atom. The molecule has 0 N–H and O–H groups in total. The number of rotatable bonds is 6. The van der Waals surface area contributed by atoms with Crippen molar-refractivity contribution in [3.8, 4) is 0 Å². The monoisotopic (exact) mass is 264 g/mol. The summed E-state index contributed by atoms with van der Waals surface area (Å²) in [4.78, 5) is 0. The number of hydrogen-bond acceptors (Lipinski definition) is 1. The number of allylic oxidation sites excluding steroid dienone is 2. The van der Waals surface area contributed by atoms with E-state index < -0.39 is 0 Å². The lowest BCUT2D eigenvalue weighted by Crippen LogP contribution is -2.33. The molecule has 0 bridgehead atoms. The second-order valence-electron chi connectivity index (χ2n) is 7.04. The normalized spacial score (nSPS) is 30.9. The lowest BCUT2D eigenvalue weighted by atomic mass is 9.72. The van der Waals surface area contributed by atoms with E-state index in [1.165, 1.54) is 5.57 Å². The molecule has 0 radical (unpaired) electrons. The molecule has 1 aliphatic rings. The number of hydrogen-bond donors (Lipinski definition) is 0. The molecular weight excluding hydrogens is 232 g/mol. The van der Waals surface area contributed by atoms with E-state index in [2.05, 4.69) is 60.3 Å². The molecule has 1 heterocycles. The SMILES string of the molecule is C=CC1(CCC=C(C)C)CC(C(C)C)OC1C(C)C. The summed E-state index contributed by atoms with van der Waals surface area (Å²) in [5, 5.41) is 0. The van der Waals surface area contributed by atoms with Crippen LogP contribution in [0.1, 0.15) is 60.8 Å². The van der Waals surface area contributed by atoms with Crippen LogP contribution in [0.25, 0.3) is 0 Å². The second-order valence-corrected chi connectivity index (χ2v) is 7.04. The Morgan fingerprint density at radius 1 is 1.26 bits per heavy atom. The van der Waals surface area contributed by atoms with Crippen LogP contribution < -0.4 is 0 Å². The van der Waals surface area contributed by atoms with Gasteiger partial charge in [0.2, 0.25) is 0 Å². The largest absolute Gasteiger partial charge is 0.374 e. The summed E-state index contributed by atoms with van der Waals surface area (Å²) in [5.74, 6) is 1.14. The predicted molar refractivity (Wildman–Crippen MR) is 84.2 cm³/mol. The third-order valence-corrected chi connectivity index (χ3v) is 4.39. The smallest absolute Gasteiger partial charge is 0.0693 e. The zero-order valence-electron chi connectivity index (χ0n) is 13.7. The van der Waals surface area contributed by atoms with Crippen LogP contribution in [0.3, 0.4) is 0 Å². The van der Waals surface area contributed by atoms with Crippen LogP contribution in [-0.2, 0) is 4.74 Å². The van der Waals surface area contributed by atoms with Gasteiger partial charge in [-0.25, -0.2) is 0 Å². The minimum Gasteiger partial charge on any atom is -0.374 e. The molecule has 1 rings (SSSR count). The molecule has 3 atom stereocenters. The molecule has 0 saturated carbocycles. The maximum absolute atomic E-state index is 6.36. The van der Waals surface area contributed by atoms with Crippen LogP contribution in [0.2, 0.25) is 0 Å². The zero-order valence-corrected chi connectivity index (χ0v) is 13.7. The fraction of sp³-hybridized carbons (Fsp3) is 0.778. The van der Waals surface area contributed by atoms with E-state index in [-0.39, 0.29) is 5.41 Å². The third kappa shape index (κ3) is 3.95. The molecule has 1 heteroatoms. The van der Waals surface area contributed by atoms with Gasteiger partial charge in [0, 0.05) is 5.41 Å². The molecule has 0 aliphatic carbocycles. The molecule has 0 aromatic rings. The molecule has 1 nitrogen and oxygen atoms in total. The van der Waals surface area contributed by atoms with E-state index in [9.17, 15) is 0 Å². The van der Waals surface area contributed by atoms with Gasteiger partial charge in [0.05, 0.1) is 12.2 Å². The first-order chi connectivity index (χ1) is 8.82. The highest BCUT2D eigenvalue weighted by atomic mass is 16.5. The van der Waals surface area contributed by atoms with Crippen LogP contribution in [0.5, 0.6) is 0 Å². The molecule has 0 spiro atoms. The van der Waals surface area contributed by atoms with Crippen molar-refractivity contribution in [3.63, 3.8) is 0 Å². The molecule has 1 saturated heterocycles. The molecule has 1 fully saturated rings. The van der Waals surface area contributed by atoms with E-state index >= 15 is 0 Å². The van der Waals surface area contributed by atoms with Crippen LogP contribution >= 0.6 is 0 Å². The van der Waals surface area contributed by atoms with Crippen molar-refractivity contribution in [2.45, 2.75) is 73.0 Å². The maximum atomic E-state index is 6.36. The van der Waals surface area contributed by atoms with Crippen LogP contribution in [0.4, 0.5) is 0 Å². The fourth-order valence-electron chi connectivity index (χ4n) is 3.25. The molecule has 110 valence electrons. The van der Waals surface area contributed by atoms with Gasteiger partial charge in [0.1, 0.15) is 0 Å². The van der Waals surface area contributed by atoms with Crippen molar-refractivity contribution in [1.82, 2.24) is 0 Å². The Labute approximate surface area is 120 Å². The summed E-state index contributed by atoms with van der Waals surface area (Å²) in [5.41, 5.74) is 1.56. The number of ether oxygens (including phenoxy) is 1. The van der Waals surface area contributed by atoms with Crippen molar-refractivity contribution in [2.75, 3.05) is 0 Å². The molecule has 1 aliphatic heterocycles. The van der Waals surface area contributed by atoms with Gasteiger partial charge in [0.15, 0.2) is 0 Å². The summed E-state index contributed by atoms with van der Waals surface area (Å²) in [6.07, 6.45) is 8.65. The highest BCUT2D eigenvalue weighted by Gasteiger charge is 2.47. The Morgan fingerprint density at radius 2 is 1.89 bits per heavy atom. The first-order valence-electron chi connectivity index (χ1n) is 7.75. The van der Waals surface area contributed by atoms with Gasteiger partial charge in [-0.2, -0.15) is 0 Å². The van der Waals surface area contributed by atoms with E-state index in [1.54, 1.807) is 0 Å². The average Bonchev–Trinajstić information content (AvgIpc) is 2.69. The van der Waals surface area contributed by atoms with E-state index in [0.29, 0.717) is 24.0 Å². The Bertz CT molecular complexity index is 323. The molecule has 0 aromatic carbocycles. The molecular formula is C18H32O. The molecule has 3 unspecified atom stereocenters. The molecule has 0 amide bonds. The fourth-order valence-corrected chi connectivity index (χ4v) is 3.25. The van der Waals surface area contributed by atoms with Gasteiger partial charge in [-0.1, -0.05) is 45.4 Å². The van der Waals surface area contributed by atoms with Crippen molar-refractivity contribution < 1.29 is 4.74 Å². The van der Waals surface area contributed by atoms with Crippen molar-refractivity contribution in [2.24, 2.45) is 17.3 Å². The van der Waals surface area contributed by atoms with Gasteiger partial charge in [-0.15, -0.1) is 6.58 Å². The van der Waals surface area contributed by atoms with Crippen LogP contribution in [0.15, 0.2) is 24.3 Å². The Kier molecular flexibility index (Phi) is 5.85. The van der Waals surface area contributed by atoms with Crippen molar-refractivity contribution in [3.05, 3.63) is 24.3 Å². The minimum absolute atomic E-state index is 0.162. The summed E-state index contributed by atoms with van der Waals surface area (Å²) in [6, 6.07) is 0. The van der Waals surface area contributed by atoms with Crippen molar-refractivity contribution in [1.29, 1.82) is 0 Å². The minimum atomic E-state index is 0.162. The quantitative estimate of drug-likeness (QED) is 0.586. The second kappa shape index (κ2) is 6.74. The Hall–Kier alpha value is -0.560. The zero-order chi connectivity index (χ0) is 14.6. The van der Waals surface area contributed by atoms with Gasteiger partial charge in [0.25, 0.3) is 0 Å². The molecule has 0 aromatic heterocycles. The lowest BCUT2D eigenvalue weighted by molar-refractivity contribution is -0.0239.